The second kappa shape index (κ2) is 8.95. The van der Waals surface area contributed by atoms with E-state index in [1.54, 1.807) is 24.3 Å². The van der Waals surface area contributed by atoms with Crippen LogP contribution in [0.1, 0.15) is 12.8 Å². The maximum Gasteiger partial charge on any atom is 0.307 e. The van der Waals surface area contributed by atoms with Crippen LogP contribution >= 0.6 is 11.8 Å². The quantitative estimate of drug-likeness (QED) is 0.372. The summed E-state index contributed by atoms with van der Waals surface area (Å²) < 4.78 is 29.0. The summed E-state index contributed by atoms with van der Waals surface area (Å²) in [6, 6.07) is 6.45. The molecule has 1 N–H and O–H groups in total. The van der Waals surface area contributed by atoms with Gasteiger partial charge in [0.05, 0.1) is 41.7 Å². The van der Waals surface area contributed by atoms with E-state index in [-0.39, 0.29) is 47.7 Å². The highest BCUT2D eigenvalue weighted by Gasteiger charge is 2.29. The summed E-state index contributed by atoms with van der Waals surface area (Å²) >= 11 is 1.06. The minimum absolute atomic E-state index is 0.00385. The van der Waals surface area contributed by atoms with Gasteiger partial charge in [0.15, 0.2) is 15.0 Å². The number of aromatic nitrogens is 2. The van der Waals surface area contributed by atoms with Crippen molar-refractivity contribution in [2.75, 3.05) is 24.4 Å². The van der Waals surface area contributed by atoms with E-state index in [1.165, 1.54) is 11.7 Å². The molecule has 1 aromatic carbocycles. The molecule has 1 saturated heterocycles. The number of carbonyl (C=O) groups excluding carboxylic acids is 2. The van der Waals surface area contributed by atoms with E-state index in [0.29, 0.717) is 22.5 Å². The average molecular weight is 440 g/mol. The molecule has 1 atom stereocenters. The van der Waals surface area contributed by atoms with Crippen molar-refractivity contribution >= 4 is 44.4 Å². The highest BCUT2D eigenvalue weighted by molar-refractivity contribution is 7.99. The predicted octanol–water partition coefficient (Wildman–Crippen LogP) is 0.355. The van der Waals surface area contributed by atoms with Crippen molar-refractivity contribution in [3.8, 4) is 0 Å². The molecule has 1 amide bonds. The Labute approximate surface area is 171 Å². The van der Waals surface area contributed by atoms with Crippen LogP contribution in [-0.2, 0) is 30.7 Å². The molecule has 11 heteroatoms. The number of hydrogen-bond donors (Lipinski definition) is 1. The lowest BCUT2D eigenvalue weighted by Gasteiger charge is -2.14. The van der Waals surface area contributed by atoms with Gasteiger partial charge in [0.25, 0.3) is 5.56 Å². The van der Waals surface area contributed by atoms with Gasteiger partial charge in [-0.25, -0.2) is 13.4 Å². The summed E-state index contributed by atoms with van der Waals surface area (Å²) in [7, 11) is -1.82. The molecule has 0 saturated carbocycles. The highest BCUT2D eigenvalue weighted by atomic mass is 32.2. The van der Waals surface area contributed by atoms with Gasteiger partial charge >= 0.3 is 5.97 Å². The van der Waals surface area contributed by atoms with Crippen LogP contribution in [0.25, 0.3) is 10.9 Å². The van der Waals surface area contributed by atoms with Crippen molar-refractivity contribution in [1.82, 2.24) is 14.9 Å². The number of amides is 1. The topological polar surface area (TPSA) is 124 Å². The molecular weight excluding hydrogens is 418 g/mol. The Morgan fingerprint density at radius 1 is 1.34 bits per heavy atom. The molecule has 1 unspecified atom stereocenters. The monoisotopic (exact) mass is 439 g/mol. The van der Waals surface area contributed by atoms with E-state index >= 15 is 0 Å². The number of hydrogen-bond acceptors (Lipinski definition) is 8. The van der Waals surface area contributed by atoms with Crippen LogP contribution in [0.3, 0.4) is 0 Å². The molecule has 29 heavy (non-hydrogen) atoms. The van der Waals surface area contributed by atoms with Crippen LogP contribution in [0.5, 0.6) is 0 Å². The number of ether oxygens (including phenoxy) is 1. The van der Waals surface area contributed by atoms with Crippen molar-refractivity contribution in [3.63, 3.8) is 0 Å². The Morgan fingerprint density at radius 3 is 2.79 bits per heavy atom. The number of fused-ring (bicyclic) bond motifs is 1. The van der Waals surface area contributed by atoms with E-state index in [4.69, 9.17) is 0 Å². The molecule has 9 nitrogen and oxygen atoms in total. The Morgan fingerprint density at radius 2 is 2.10 bits per heavy atom. The Kier molecular flexibility index (Phi) is 6.58. The first-order chi connectivity index (χ1) is 13.8. The van der Waals surface area contributed by atoms with Crippen molar-refractivity contribution in [1.29, 1.82) is 0 Å². The van der Waals surface area contributed by atoms with E-state index in [0.717, 1.165) is 11.8 Å². The second-order valence-corrected chi connectivity index (χ2v) is 9.82. The maximum atomic E-state index is 12.8. The summed E-state index contributed by atoms with van der Waals surface area (Å²) in [5.41, 5.74) is 0.195. The fourth-order valence-electron chi connectivity index (χ4n) is 3.07. The third-order valence-corrected chi connectivity index (χ3v) is 7.27. The number of nitrogens with zero attached hydrogens (tertiary/aromatic N) is 2. The van der Waals surface area contributed by atoms with Gasteiger partial charge in [-0.05, 0) is 18.6 Å². The first-order valence-corrected chi connectivity index (χ1v) is 11.8. The highest BCUT2D eigenvalue weighted by Crippen LogP contribution is 2.19. The SMILES string of the molecule is COC(=O)CCn1c(SCC(=O)NC2CCS(=O)(=O)C2)nc2ccccc2c1=O. The molecule has 1 aliphatic rings. The fraction of sp³-hybridized carbons (Fsp3) is 0.444. The molecule has 156 valence electrons. The zero-order chi connectivity index (χ0) is 21.0. The molecule has 1 fully saturated rings. The third-order valence-electron chi connectivity index (χ3n) is 4.52. The molecule has 0 bridgehead atoms. The standard InChI is InChI=1S/C18H21N3O6S2/c1-27-16(23)6-8-21-17(24)13-4-2-3-5-14(13)20-18(21)28-10-15(22)19-12-7-9-29(25,26)11-12/h2-5,12H,6-11H2,1H3,(H,19,22). The molecule has 0 radical (unpaired) electrons. The average Bonchev–Trinajstić information content (AvgIpc) is 3.03. The van der Waals surface area contributed by atoms with E-state index in [2.05, 4.69) is 15.0 Å². The largest absolute Gasteiger partial charge is 0.469 e. The van der Waals surface area contributed by atoms with Crippen LogP contribution in [0.4, 0.5) is 0 Å². The van der Waals surface area contributed by atoms with Gasteiger partial charge in [-0.3, -0.25) is 19.0 Å². The van der Waals surface area contributed by atoms with Gasteiger partial charge in [0, 0.05) is 12.6 Å². The van der Waals surface area contributed by atoms with E-state index in [9.17, 15) is 22.8 Å². The minimum atomic E-state index is -3.09. The van der Waals surface area contributed by atoms with Crippen LogP contribution < -0.4 is 10.9 Å². The lowest BCUT2D eigenvalue weighted by Crippen LogP contribution is -2.36. The number of para-hydroxylation sites is 1. The number of carbonyl (C=O) groups is 2. The number of nitrogens with one attached hydrogen (secondary N) is 1. The minimum Gasteiger partial charge on any atom is -0.469 e. The Bertz CT molecular complexity index is 1100. The number of benzene rings is 1. The fourth-order valence-corrected chi connectivity index (χ4v) is 5.58. The third kappa shape index (κ3) is 5.36. The van der Waals surface area contributed by atoms with Gasteiger partial charge in [-0.15, -0.1) is 0 Å². The zero-order valence-electron chi connectivity index (χ0n) is 15.8. The van der Waals surface area contributed by atoms with Crippen LogP contribution in [0, 0.1) is 0 Å². The molecular formula is C18H21N3O6S2. The summed E-state index contributed by atoms with van der Waals surface area (Å²) in [4.78, 5) is 41.0. The summed E-state index contributed by atoms with van der Waals surface area (Å²) in [5.74, 6) is -0.800. The smallest absolute Gasteiger partial charge is 0.307 e. The van der Waals surface area contributed by atoms with Gasteiger partial charge in [0.2, 0.25) is 5.91 Å². The first-order valence-electron chi connectivity index (χ1n) is 8.98. The normalized spacial score (nSPS) is 17.9. The van der Waals surface area contributed by atoms with Gasteiger partial charge < -0.3 is 10.1 Å². The summed E-state index contributed by atoms with van der Waals surface area (Å²) in [6.45, 7) is 0.0775. The number of esters is 1. The van der Waals surface area contributed by atoms with Gasteiger partial charge in [-0.1, -0.05) is 23.9 Å². The zero-order valence-corrected chi connectivity index (χ0v) is 17.4. The van der Waals surface area contributed by atoms with Crippen molar-refractivity contribution in [2.24, 2.45) is 0 Å². The lowest BCUT2D eigenvalue weighted by atomic mass is 10.2. The van der Waals surface area contributed by atoms with Crippen LogP contribution in [0.15, 0.2) is 34.2 Å². The molecule has 3 rings (SSSR count). The molecule has 1 aromatic heterocycles. The van der Waals surface area contributed by atoms with E-state index < -0.39 is 15.8 Å². The van der Waals surface area contributed by atoms with Crippen molar-refractivity contribution in [2.45, 2.75) is 30.6 Å². The maximum absolute atomic E-state index is 12.8. The predicted molar refractivity (Wildman–Crippen MR) is 109 cm³/mol. The Hall–Kier alpha value is -2.40. The van der Waals surface area contributed by atoms with Gasteiger partial charge in [-0.2, -0.15) is 0 Å². The molecule has 2 aromatic rings. The van der Waals surface area contributed by atoms with Crippen LogP contribution in [-0.4, -0.2) is 60.3 Å². The number of rotatable bonds is 7. The van der Waals surface area contributed by atoms with Crippen molar-refractivity contribution < 1.29 is 22.7 Å². The summed E-state index contributed by atoms with van der Waals surface area (Å²) in [6.07, 6.45) is 0.396. The van der Waals surface area contributed by atoms with Crippen molar-refractivity contribution in [3.05, 3.63) is 34.6 Å². The molecule has 0 aliphatic carbocycles. The van der Waals surface area contributed by atoms with Crippen LogP contribution in [0.2, 0.25) is 0 Å². The van der Waals surface area contributed by atoms with E-state index in [1.807, 2.05) is 0 Å². The lowest BCUT2D eigenvalue weighted by molar-refractivity contribution is -0.140. The molecule has 2 heterocycles. The second-order valence-electron chi connectivity index (χ2n) is 6.65. The first kappa shape index (κ1) is 21.3. The van der Waals surface area contributed by atoms with Gasteiger partial charge in [0.1, 0.15) is 0 Å². The Balaban J connectivity index is 1.77. The molecule has 1 aliphatic heterocycles. The number of sulfone groups is 1. The summed E-state index contributed by atoms with van der Waals surface area (Å²) in [5, 5.41) is 3.44. The molecule has 0 spiro atoms. The number of methoxy groups -OCH3 is 1. The number of thioether (sulfide) groups is 1.